The molecular weight excluding hydrogens is 268 g/mol. The number of phenolic OH excluding ortho intramolecular Hbond substituents is 1. The molecule has 3 N–H and O–H groups in total. The third-order valence-electron chi connectivity index (χ3n) is 3.67. The van der Waals surface area contributed by atoms with Gasteiger partial charge in [0.25, 0.3) is 0 Å². The number of rotatable bonds is 1. The average Bonchev–Trinajstić information content (AvgIpc) is 2.40. The smallest absolute Gasteiger partial charge is 0.410 e. The minimum absolute atomic E-state index is 0.127. The Morgan fingerprint density at radius 1 is 1.33 bits per heavy atom. The lowest BCUT2D eigenvalue weighted by Crippen LogP contribution is -2.41. The Morgan fingerprint density at radius 2 is 1.95 bits per heavy atom. The first-order chi connectivity index (χ1) is 9.76. The molecule has 0 spiro atoms. The van der Waals surface area contributed by atoms with Gasteiger partial charge in [-0.2, -0.15) is 0 Å². The highest BCUT2D eigenvalue weighted by Gasteiger charge is 2.27. The Hall–Kier alpha value is -1.91. The molecule has 0 bridgehead atoms. The number of amides is 1. The van der Waals surface area contributed by atoms with E-state index in [9.17, 15) is 9.90 Å². The fourth-order valence-corrected chi connectivity index (χ4v) is 2.54. The van der Waals surface area contributed by atoms with Gasteiger partial charge in [0.2, 0.25) is 0 Å². The lowest BCUT2D eigenvalue weighted by atomic mass is 9.89. The summed E-state index contributed by atoms with van der Waals surface area (Å²) in [5, 5.41) is 9.69. The molecule has 1 heterocycles. The number of nitrogens with two attached hydrogens (primary N) is 1. The molecule has 0 radical (unpaired) electrons. The van der Waals surface area contributed by atoms with E-state index in [0.29, 0.717) is 24.7 Å². The number of carbonyl (C=O) groups is 1. The lowest BCUT2D eigenvalue weighted by Gasteiger charge is -2.33. The predicted molar refractivity (Wildman–Crippen MR) is 82.3 cm³/mol. The number of ether oxygens (including phenoxy) is 1. The second-order valence-electron chi connectivity index (χ2n) is 6.56. The van der Waals surface area contributed by atoms with Crippen molar-refractivity contribution in [2.45, 2.75) is 45.1 Å². The van der Waals surface area contributed by atoms with Gasteiger partial charge in [0, 0.05) is 13.1 Å². The van der Waals surface area contributed by atoms with Crippen LogP contribution in [0.15, 0.2) is 18.2 Å². The third kappa shape index (κ3) is 4.03. The number of benzene rings is 1. The number of hydrogen-bond donors (Lipinski definition) is 2. The molecule has 1 aromatic carbocycles. The molecule has 2 rings (SSSR count). The monoisotopic (exact) mass is 292 g/mol. The number of hydrogen-bond acceptors (Lipinski definition) is 4. The number of nitrogen functional groups attached to an aromatic ring is 1. The van der Waals surface area contributed by atoms with Crippen molar-refractivity contribution in [3.63, 3.8) is 0 Å². The van der Waals surface area contributed by atoms with E-state index in [1.807, 2.05) is 26.8 Å². The summed E-state index contributed by atoms with van der Waals surface area (Å²) in [7, 11) is 0. The van der Waals surface area contributed by atoms with Crippen molar-refractivity contribution in [3.8, 4) is 5.75 Å². The molecule has 116 valence electrons. The van der Waals surface area contributed by atoms with Gasteiger partial charge in [0.05, 0.1) is 5.69 Å². The van der Waals surface area contributed by atoms with Crippen LogP contribution >= 0.6 is 0 Å². The van der Waals surface area contributed by atoms with E-state index in [-0.39, 0.29) is 11.8 Å². The molecule has 1 saturated heterocycles. The highest BCUT2D eigenvalue weighted by atomic mass is 16.6. The van der Waals surface area contributed by atoms with Crippen molar-refractivity contribution < 1.29 is 14.6 Å². The van der Waals surface area contributed by atoms with Gasteiger partial charge in [-0.05, 0) is 57.2 Å². The SMILES string of the molecule is CC(C)(C)OC(=O)N1CCC(c2ccc(N)c(O)c2)CC1. The quantitative estimate of drug-likeness (QED) is 0.616. The molecule has 1 aromatic rings. The van der Waals surface area contributed by atoms with Crippen LogP contribution in [0.3, 0.4) is 0 Å². The van der Waals surface area contributed by atoms with Crippen LogP contribution < -0.4 is 5.73 Å². The van der Waals surface area contributed by atoms with E-state index >= 15 is 0 Å². The predicted octanol–water partition coefficient (Wildman–Crippen LogP) is 3.09. The largest absolute Gasteiger partial charge is 0.506 e. The second kappa shape index (κ2) is 5.84. The molecule has 21 heavy (non-hydrogen) atoms. The molecule has 0 atom stereocenters. The normalized spacial score (nSPS) is 16.8. The minimum atomic E-state index is -0.462. The van der Waals surface area contributed by atoms with Gasteiger partial charge >= 0.3 is 6.09 Å². The molecule has 5 heteroatoms. The first kappa shape index (κ1) is 15.5. The molecule has 1 fully saturated rings. The van der Waals surface area contributed by atoms with Gasteiger partial charge in [0.15, 0.2) is 0 Å². The zero-order valence-corrected chi connectivity index (χ0v) is 12.9. The fourth-order valence-electron chi connectivity index (χ4n) is 2.54. The number of phenols is 1. The molecule has 1 aliphatic rings. The number of nitrogens with zero attached hydrogens (tertiary/aromatic N) is 1. The maximum Gasteiger partial charge on any atom is 0.410 e. The van der Waals surface area contributed by atoms with Gasteiger partial charge < -0.3 is 20.5 Å². The molecule has 0 saturated carbocycles. The Morgan fingerprint density at radius 3 is 2.48 bits per heavy atom. The summed E-state index contributed by atoms with van der Waals surface area (Å²) in [4.78, 5) is 13.8. The van der Waals surface area contributed by atoms with E-state index in [2.05, 4.69) is 0 Å². The Balaban J connectivity index is 1.94. The lowest BCUT2D eigenvalue weighted by molar-refractivity contribution is 0.0205. The van der Waals surface area contributed by atoms with E-state index in [4.69, 9.17) is 10.5 Å². The number of likely N-dealkylation sites (tertiary alicyclic amines) is 1. The highest BCUT2D eigenvalue weighted by molar-refractivity contribution is 5.68. The second-order valence-corrected chi connectivity index (χ2v) is 6.56. The van der Waals surface area contributed by atoms with Gasteiger partial charge in [0.1, 0.15) is 11.4 Å². The molecule has 5 nitrogen and oxygen atoms in total. The van der Waals surface area contributed by atoms with Crippen LogP contribution in [0.25, 0.3) is 0 Å². The third-order valence-corrected chi connectivity index (χ3v) is 3.67. The minimum Gasteiger partial charge on any atom is -0.506 e. The summed E-state index contributed by atoms with van der Waals surface area (Å²) >= 11 is 0. The Bertz CT molecular complexity index is 515. The summed E-state index contributed by atoms with van der Waals surface area (Å²) in [5.41, 5.74) is 6.63. The highest BCUT2D eigenvalue weighted by Crippen LogP contribution is 2.32. The maximum absolute atomic E-state index is 12.0. The number of piperidine rings is 1. The standard InChI is InChI=1S/C16H24N2O3/c1-16(2,3)21-15(20)18-8-6-11(7-9-18)12-4-5-13(17)14(19)10-12/h4-5,10-11,19H,6-9,17H2,1-3H3. The van der Waals surface area contributed by atoms with Crippen LogP contribution in [0.4, 0.5) is 10.5 Å². The van der Waals surface area contributed by atoms with E-state index < -0.39 is 5.60 Å². The van der Waals surface area contributed by atoms with Gasteiger partial charge in [-0.3, -0.25) is 0 Å². The van der Waals surface area contributed by atoms with Crippen LogP contribution in [0.2, 0.25) is 0 Å². The van der Waals surface area contributed by atoms with E-state index in [0.717, 1.165) is 18.4 Å². The van der Waals surface area contributed by atoms with Crippen LogP contribution in [-0.4, -0.2) is 34.8 Å². The van der Waals surface area contributed by atoms with Crippen molar-refractivity contribution in [3.05, 3.63) is 23.8 Å². The molecule has 1 aliphatic heterocycles. The summed E-state index contributed by atoms with van der Waals surface area (Å²) in [6.45, 7) is 6.95. The number of anilines is 1. The Labute approximate surface area is 125 Å². The first-order valence-corrected chi connectivity index (χ1v) is 7.32. The van der Waals surface area contributed by atoms with Crippen molar-refractivity contribution >= 4 is 11.8 Å². The van der Waals surface area contributed by atoms with E-state index in [1.165, 1.54) is 0 Å². The van der Waals surface area contributed by atoms with Crippen LogP contribution in [0, 0.1) is 0 Å². The molecule has 0 aliphatic carbocycles. The number of carbonyl (C=O) groups excluding carboxylic acids is 1. The van der Waals surface area contributed by atoms with Crippen LogP contribution in [0.1, 0.15) is 45.1 Å². The van der Waals surface area contributed by atoms with Crippen LogP contribution in [0.5, 0.6) is 5.75 Å². The molecule has 0 unspecified atom stereocenters. The molecular formula is C16H24N2O3. The van der Waals surface area contributed by atoms with Gasteiger partial charge in [-0.25, -0.2) is 4.79 Å². The van der Waals surface area contributed by atoms with Gasteiger partial charge in [-0.15, -0.1) is 0 Å². The summed E-state index contributed by atoms with van der Waals surface area (Å²) in [6.07, 6.45) is 1.48. The number of aromatic hydroxyl groups is 1. The van der Waals surface area contributed by atoms with Crippen molar-refractivity contribution in [1.29, 1.82) is 0 Å². The molecule has 1 amide bonds. The average molecular weight is 292 g/mol. The van der Waals surface area contributed by atoms with E-state index in [1.54, 1.807) is 17.0 Å². The van der Waals surface area contributed by atoms with Crippen molar-refractivity contribution in [2.75, 3.05) is 18.8 Å². The Kier molecular flexibility index (Phi) is 4.30. The van der Waals surface area contributed by atoms with Crippen molar-refractivity contribution in [1.82, 2.24) is 4.90 Å². The zero-order valence-electron chi connectivity index (χ0n) is 12.9. The zero-order chi connectivity index (χ0) is 15.6. The first-order valence-electron chi connectivity index (χ1n) is 7.32. The van der Waals surface area contributed by atoms with Crippen LogP contribution in [-0.2, 0) is 4.74 Å². The van der Waals surface area contributed by atoms with Crippen molar-refractivity contribution in [2.24, 2.45) is 0 Å². The topological polar surface area (TPSA) is 75.8 Å². The fraction of sp³-hybridized carbons (Fsp3) is 0.562. The maximum atomic E-state index is 12.0. The summed E-state index contributed by atoms with van der Waals surface area (Å²) in [5.74, 6) is 0.470. The molecule has 0 aromatic heterocycles. The van der Waals surface area contributed by atoms with Gasteiger partial charge in [-0.1, -0.05) is 6.07 Å². The summed E-state index contributed by atoms with van der Waals surface area (Å²) in [6, 6.07) is 5.40. The summed E-state index contributed by atoms with van der Waals surface area (Å²) < 4.78 is 5.38.